The number of nitrogens with zero attached hydrogens (tertiary/aromatic N) is 1. The molecule has 1 atom stereocenters. The standard InChI is InChI=1S/C23H26BrNO5S/c1-31(28,29)19-5-2-17(3-6-19)20(14-16-10-12-30-13-11-16)22(26)8-9-23(27)21-7-4-18(24)15-25-21/h2-7,15-16,20H,8-14H2,1H3. The minimum Gasteiger partial charge on any atom is -0.381 e. The number of sulfone groups is 1. The van der Waals surface area contributed by atoms with E-state index in [9.17, 15) is 18.0 Å². The van der Waals surface area contributed by atoms with Crippen LogP contribution in [0.5, 0.6) is 0 Å². The van der Waals surface area contributed by atoms with Crippen molar-refractivity contribution in [3.05, 3.63) is 58.3 Å². The van der Waals surface area contributed by atoms with E-state index in [-0.39, 0.29) is 35.2 Å². The van der Waals surface area contributed by atoms with Crippen molar-refractivity contribution in [3.8, 4) is 0 Å². The number of rotatable bonds is 9. The van der Waals surface area contributed by atoms with Gasteiger partial charge in [-0.2, -0.15) is 0 Å². The first-order chi connectivity index (χ1) is 14.7. The Morgan fingerprint density at radius 3 is 2.35 bits per heavy atom. The number of pyridine rings is 1. The number of carbonyl (C=O) groups excluding carboxylic acids is 2. The molecule has 0 radical (unpaired) electrons. The molecule has 0 N–H and O–H groups in total. The van der Waals surface area contributed by atoms with E-state index in [1.54, 1.807) is 42.6 Å². The number of hydrogen-bond donors (Lipinski definition) is 0. The van der Waals surface area contributed by atoms with Crippen LogP contribution in [0.25, 0.3) is 0 Å². The van der Waals surface area contributed by atoms with E-state index in [4.69, 9.17) is 4.74 Å². The van der Waals surface area contributed by atoms with Gasteiger partial charge in [-0.25, -0.2) is 8.42 Å². The largest absolute Gasteiger partial charge is 0.381 e. The lowest BCUT2D eigenvalue weighted by Gasteiger charge is -2.26. The highest BCUT2D eigenvalue weighted by molar-refractivity contribution is 9.10. The van der Waals surface area contributed by atoms with Crippen molar-refractivity contribution >= 4 is 37.3 Å². The number of hydrogen-bond acceptors (Lipinski definition) is 6. The van der Waals surface area contributed by atoms with E-state index in [1.807, 2.05) is 0 Å². The summed E-state index contributed by atoms with van der Waals surface area (Å²) >= 11 is 3.29. The molecule has 0 aliphatic carbocycles. The van der Waals surface area contributed by atoms with Crippen LogP contribution in [-0.4, -0.2) is 44.4 Å². The molecule has 2 heterocycles. The van der Waals surface area contributed by atoms with Crippen LogP contribution >= 0.6 is 15.9 Å². The van der Waals surface area contributed by atoms with Gasteiger partial charge in [0.1, 0.15) is 11.5 Å². The van der Waals surface area contributed by atoms with E-state index in [0.717, 1.165) is 29.1 Å². The van der Waals surface area contributed by atoms with Crippen molar-refractivity contribution in [2.75, 3.05) is 19.5 Å². The molecule has 0 spiro atoms. The normalized spacial score (nSPS) is 16.1. The highest BCUT2D eigenvalue weighted by Crippen LogP contribution is 2.32. The van der Waals surface area contributed by atoms with Gasteiger partial charge in [0.05, 0.1) is 4.90 Å². The van der Waals surface area contributed by atoms with Crippen molar-refractivity contribution in [2.24, 2.45) is 5.92 Å². The first-order valence-electron chi connectivity index (χ1n) is 10.3. The molecule has 1 aromatic heterocycles. The Morgan fingerprint density at radius 1 is 1.10 bits per heavy atom. The Hall–Kier alpha value is -1.90. The third-order valence-corrected chi connectivity index (χ3v) is 7.22. The first kappa shape index (κ1) is 23.8. The molecule has 31 heavy (non-hydrogen) atoms. The Kier molecular flexibility index (Phi) is 8.13. The van der Waals surface area contributed by atoms with Gasteiger partial charge in [-0.1, -0.05) is 12.1 Å². The first-order valence-corrected chi connectivity index (χ1v) is 13.0. The molecule has 1 unspecified atom stereocenters. The lowest BCUT2D eigenvalue weighted by molar-refractivity contribution is -0.121. The van der Waals surface area contributed by atoms with E-state index in [1.165, 1.54) is 0 Å². The summed E-state index contributed by atoms with van der Waals surface area (Å²) in [5, 5.41) is 0. The van der Waals surface area contributed by atoms with Gasteiger partial charge in [0.15, 0.2) is 15.6 Å². The van der Waals surface area contributed by atoms with Crippen LogP contribution in [0.2, 0.25) is 0 Å². The second-order valence-corrected chi connectivity index (χ2v) is 10.9. The van der Waals surface area contributed by atoms with Crippen LogP contribution in [-0.2, 0) is 19.4 Å². The van der Waals surface area contributed by atoms with Crippen molar-refractivity contribution in [2.45, 2.75) is 42.9 Å². The smallest absolute Gasteiger partial charge is 0.181 e. The molecule has 6 nitrogen and oxygen atoms in total. The molecular weight excluding hydrogens is 482 g/mol. The number of ether oxygens (including phenoxy) is 1. The fourth-order valence-electron chi connectivity index (χ4n) is 3.80. The molecular formula is C23H26BrNO5S. The van der Waals surface area contributed by atoms with Crippen molar-refractivity contribution in [1.29, 1.82) is 0 Å². The zero-order valence-corrected chi connectivity index (χ0v) is 19.8. The SMILES string of the molecule is CS(=O)(=O)c1ccc(C(CC2CCOCC2)C(=O)CCC(=O)c2ccc(Br)cn2)cc1. The predicted molar refractivity (Wildman–Crippen MR) is 121 cm³/mol. The minimum absolute atomic E-state index is 0.0101. The Bertz CT molecular complexity index is 1010. The summed E-state index contributed by atoms with van der Waals surface area (Å²) in [7, 11) is -3.30. The number of benzene rings is 1. The maximum atomic E-state index is 13.2. The molecule has 3 rings (SSSR count). The zero-order valence-electron chi connectivity index (χ0n) is 17.4. The summed E-state index contributed by atoms with van der Waals surface area (Å²) in [6, 6.07) is 9.92. The predicted octanol–water partition coefficient (Wildman–Crippen LogP) is 4.38. The average molecular weight is 508 g/mol. The monoisotopic (exact) mass is 507 g/mol. The number of ketones is 2. The molecule has 1 aliphatic rings. The second-order valence-electron chi connectivity index (χ2n) is 7.94. The topological polar surface area (TPSA) is 90.4 Å². The Morgan fingerprint density at radius 2 is 1.77 bits per heavy atom. The summed E-state index contributed by atoms with van der Waals surface area (Å²) in [5.74, 6) is -0.189. The van der Waals surface area contributed by atoms with Crippen LogP contribution in [0.4, 0.5) is 0 Å². The van der Waals surface area contributed by atoms with Gasteiger partial charge in [-0.3, -0.25) is 14.6 Å². The number of carbonyl (C=O) groups is 2. The highest BCUT2D eigenvalue weighted by atomic mass is 79.9. The molecule has 0 saturated carbocycles. The molecule has 1 aromatic carbocycles. The second kappa shape index (κ2) is 10.6. The molecule has 1 fully saturated rings. The highest BCUT2D eigenvalue weighted by Gasteiger charge is 2.27. The molecule has 8 heteroatoms. The van der Waals surface area contributed by atoms with Crippen molar-refractivity contribution < 1.29 is 22.7 Å². The van der Waals surface area contributed by atoms with Gasteiger partial charge < -0.3 is 4.74 Å². The zero-order chi connectivity index (χ0) is 22.4. The van der Waals surface area contributed by atoms with Crippen LogP contribution < -0.4 is 0 Å². The lowest BCUT2D eigenvalue weighted by atomic mass is 9.81. The summed E-state index contributed by atoms with van der Waals surface area (Å²) in [6.07, 6.45) is 5.41. The van der Waals surface area contributed by atoms with Crippen molar-refractivity contribution in [1.82, 2.24) is 4.98 Å². The third kappa shape index (κ3) is 6.79. The summed E-state index contributed by atoms with van der Waals surface area (Å²) in [6.45, 7) is 1.37. The van der Waals surface area contributed by atoms with E-state index in [2.05, 4.69) is 20.9 Å². The molecule has 1 saturated heterocycles. The molecule has 166 valence electrons. The fourth-order valence-corrected chi connectivity index (χ4v) is 4.66. The summed E-state index contributed by atoms with van der Waals surface area (Å²) in [5.41, 5.74) is 1.13. The fraction of sp³-hybridized carbons (Fsp3) is 0.435. The van der Waals surface area contributed by atoms with Gasteiger partial charge in [0.2, 0.25) is 0 Å². The van der Waals surface area contributed by atoms with Crippen LogP contribution in [0, 0.1) is 5.92 Å². The van der Waals surface area contributed by atoms with Gasteiger partial charge >= 0.3 is 0 Å². The van der Waals surface area contributed by atoms with Crippen LogP contribution in [0.1, 0.15) is 54.1 Å². The molecule has 0 bridgehead atoms. The van der Waals surface area contributed by atoms with Gasteiger partial charge in [0.25, 0.3) is 0 Å². The van der Waals surface area contributed by atoms with Gasteiger partial charge in [-0.05, 0) is 70.9 Å². The maximum absolute atomic E-state index is 13.2. The number of aromatic nitrogens is 1. The van der Waals surface area contributed by atoms with Crippen LogP contribution in [0.15, 0.2) is 52.0 Å². The quantitative estimate of drug-likeness (QED) is 0.467. The van der Waals surface area contributed by atoms with E-state index < -0.39 is 9.84 Å². The average Bonchev–Trinajstić information content (AvgIpc) is 2.76. The van der Waals surface area contributed by atoms with Gasteiger partial charge in [-0.15, -0.1) is 0 Å². The summed E-state index contributed by atoms with van der Waals surface area (Å²) in [4.78, 5) is 29.9. The summed E-state index contributed by atoms with van der Waals surface area (Å²) < 4.78 is 29.8. The van der Waals surface area contributed by atoms with E-state index in [0.29, 0.717) is 31.2 Å². The lowest BCUT2D eigenvalue weighted by Crippen LogP contribution is -2.22. The van der Waals surface area contributed by atoms with Gasteiger partial charge in [0, 0.05) is 48.9 Å². The van der Waals surface area contributed by atoms with Crippen LogP contribution in [0.3, 0.4) is 0 Å². The van der Waals surface area contributed by atoms with E-state index >= 15 is 0 Å². The third-order valence-electron chi connectivity index (χ3n) is 5.62. The minimum atomic E-state index is -3.30. The molecule has 2 aromatic rings. The Labute approximate surface area is 191 Å². The Balaban J connectivity index is 1.73. The molecule has 1 aliphatic heterocycles. The number of Topliss-reactive ketones (excluding diaryl/α,β-unsaturated/α-hetero) is 2. The van der Waals surface area contributed by atoms with Crippen molar-refractivity contribution in [3.63, 3.8) is 0 Å². The number of halogens is 1. The maximum Gasteiger partial charge on any atom is 0.181 e. The molecule has 0 amide bonds.